The Morgan fingerprint density at radius 3 is 2.49 bits per heavy atom. The summed E-state index contributed by atoms with van der Waals surface area (Å²) in [4.78, 5) is 16.0. The van der Waals surface area contributed by atoms with E-state index in [-0.39, 0.29) is 30.6 Å². The van der Waals surface area contributed by atoms with Gasteiger partial charge in [-0.1, -0.05) is 36.4 Å². The highest BCUT2D eigenvalue weighted by molar-refractivity contribution is 7.89. The van der Waals surface area contributed by atoms with Gasteiger partial charge in [0.15, 0.2) is 0 Å². The number of halogens is 1. The van der Waals surface area contributed by atoms with Crippen LogP contribution >= 0.6 is 0 Å². The molecule has 3 aliphatic rings. The van der Waals surface area contributed by atoms with Gasteiger partial charge in [0.1, 0.15) is 17.2 Å². The number of carbonyl (C=O) groups excluding carboxylic acids is 1. The summed E-state index contributed by atoms with van der Waals surface area (Å²) >= 11 is 0. The monoisotopic (exact) mass is 501 g/mol. The fourth-order valence-corrected chi connectivity index (χ4v) is 8.04. The van der Waals surface area contributed by atoms with Crippen molar-refractivity contribution in [3.05, 3.63) is 65.5 Å². The van der Waals surface area contributed by atoms with Crippen LogP contribution in [0, 0.1) is 5.82 Å². The van der Waals surface area contributed by atoms with Crippen LogP contribution in [0.15, 0.2) is 48.5 Å². The van der Waals surface area contributed by atoms with Crippen molar-refractivity contribution in [2.24, 2.45) is 0 Å². The molecule has 0 spiro atoms. The average Bonchev–Trinajstić information content (AvgIpc) is 3.43. The van der Waals surface area contributed by atoms with Gasteiger partial charge in [-0.15, -0.1) is 0 Å². The summed E-state index contributed by atoms with van der Waals surface area (Å²) in [5.41, 5.74) is 1.86. The number of hydrogen-bond donors (Lipinski definition) is 1. The van der Waals surface area contributed by atoms with Crippen LogP contribution in [-0.4, -0.2) is 66.0 Å². The van der Waals surface area contributed by atoms with E-state index in [0.29, 0.717) is 25.1 Å². The van der Waals surface area contributed by atoms with E-state index >= 15 is 4.39 Å². The molecule has 9 heteroatoms. The van der Waals surface area contributed by atoms with E-state index in [1.165, 1.54) is 17.3 Å². The molecule has 3 fully saturated rings. The van der Waals surface area contributed by atoms with Crippen molar-refractivity contribution in [3.8, 4) is 0 Å². The molecular formula is C26H32FN3O4S. The first-order valence-electron chi connectivity index (χ1n) is 12.3. The Kier molecular flexibility index (Phi) is 6.35. The van der Waals surface area contributed by atoms with Gasteiger partial charge in [-0.05, 0) is 50.8 Å². The predicted octanol–water partition coefficient (Wildman–Crippen LogP) is 3.05. The number of amides is 1. The van der Waals surface area contributed by atoms with E-state index in [9.17, 15) is 18.3 Å². The Hall–Kier alpha value is -2.49. The van der Waals surface area contributed by atoms with Crippen molar-refractivity contribution in [1.82, 2.24) is 9.21 Å². The SMILES string of the molecule is CC(O)C(=O)N1C[C@H]2C[C@@H]1CN2c1ccc(CN2[C@@H](C)CCC(c3ccccc3)S2(=O)=O)c(F)c1. The lowest BCUT2D eigenvalue weighted by Crippen LogP contribution is -2.51. The summed E-state index contributed by atoms with van der Waals surface area (Å²) in [7, 11) is -3.64. The lowest BCUT2D eigenvalue weighted by atomic mass is 10.0. The Morgan fingerprint density at radius 1 is 1.11 bits per heavy atom. The quantitative estimate of drug-likeness (QED) is 0.681. The van der Waals surface area contributed by atoms with Crippen LogP contribution in [0.25, 0.3) is 0 Å². The Balaban J connectivity index is 1.32. The van der Waals surface area contributed by atoms with Gasteiger partial charge in [0.2, 0.25) is 10.0 Å². The molecule has 2 unspecified atom stereocenters. The first-order valence-corrected chi connectivity index (χ1v) is 13.8. The third-order valence-electron chi connectivity index (χ3n) is 7.77. The van der Waals surface area contributed by atoms with Gasteiger partial charge in [0.25, 0.3) is 5.91 Å². The van der Waals surface area contributed by atoms with Crippen LogP contribution < -0.4 is 4.90 Å². The number of likely N-dealkylation sites (tertiary alicyclic amines) is 1. The van der Waals surface area contributed by atoms with Gasteiger partial charge in [-0.25, -0.2) is 12.8 Å². The molecule has 3 heterocycles. The van der Waals surface area contributed by atoms with E-state index in [1.54, 1.807) is 11.0 Å². The molecule has 3 aliphatic heterocycles. The number of carbonyl (C=O) groups is 1. The fraction of sp³-hybridized carbons (Fsp3) is 0.500. The van der Waals surface area contributed by atoms with E-state index in [1.807, 2.05) is 43.3 Å². The molecule has 7 nitrogen and oxygen atoms in total. The van der Waals surface area contributed by atoms with Gasteiger partial charge in [0, 0.05) is 43.0 Å². The molecule has 0 aromatic heterocycles. The molecule has 188 valence electrons. The molecule has 1 amide bonds. The Morgan fingerprint density at radius 2 is 1.86 bits per heavy atom. The van der Waals surface area contributed by atoms with Crippen LogP contribution in [0.5, 0.6) is 0 Å². The zero-order valence-electron chi connectivity index (χ0n) is 20.0. The maximum atomic E-state index is 15.3. The van der Waals surface area contributed by atoms with Gasteiger partial charge in [-0.2, -0.15) is 4.31 Å². The number of fused-ring (bicyclic) bond motifs is 2. The van der Waals surface area contributed by atoms with Crippen molar-refractivity contribution in [1.29, 1.82) is 0 Å². The van der Waals surface area contributed by atoms with E-state index < -0.39 is 27.2 Å². The minimum absolute atomic E-state index is 0.00166. The molecule has 3 saturated heterocycles. The Labute approximate surface area is 206 Å². The summed E-state index contributed by atoms with van der Waals surface area (Å²) in [5, 5.41) is 9.01. The number of aliphatic hydroxyl groups excluding tert-OH is 1. The lowest BCUT2D eigenvalue weighted by molar-refractivity contribution is -0.140. The minimum atomic E-state index is -3.64. The van der Waals surface area contributed by atoms with Crippen molar-refractivity contribution in [2.75, 3.05) is 18.0 Å². The van der Waals surface area contributed by atoms with Crippen LogP contribution in [0.2, 0.25) is 0 Å². The van der Waals surface area contributed by atoms with Crippen LogP contribution in [-0.2, 0) is 21.4 Å². The second kappa shape index (κ2) is 9.19. The van der Waals surface area contributed by atoms with Crippen LogP contribution in [0.4, 0.5) is 10.1 Å². The second-order valence-electron chi connectivity index (χ2n) is 10.1. The molecule has 0 saturated carbocycles. The molecule has 0 radical (unpaired) electrons. The van der Waals surface area contributed by atoms with Crippen molar-refractivity contribution < 1.29 is 22.7 Å². The summed E-state index contributed by atoms with van der Waals surface area (Å²) in [5.74, 6) is -0.684. The minimum Gasteiger partial charge on any atom is -0.384 e. The lowest BCUT2D eigenvalue weighted by Gasteiger charge is -2.38. The first kappa shape index (κ1) is 24.2. The van der Waals surface area contributed by atoms with Gasteiger partial charge in [-0.3, -0.25) is 4.79 Å². The zero-order chi connectivity index (χ0) is 24.9. The van der Waals surface area contributed by atoms with E-state index in [4.69, 9.17) is 0 Å². The van der Waals surface area contributed by atoms with Crippen molar-refractivity contribution >= 4 is 21.6 Å². The molecule has 0 aliphatic carbocycles. The zero-order valence-corrected chi connectivity index (χ0v) is 20.9. The van der Waals surface area contributed by atoms with Gasteiger partial charge in [0.05, 0.1) is 6.04 Å². The number of piperazine rings is 1. The second-order valence-corrected chi connectivity index (χ2v) is 12.1. The number of sulfonamides is 1. The highest BCUT2D eigenvalue weighted by Gasteiger charge is 2.46. The number of rotatable bonds is 5. The van der Waals surface area contributed by atoms with Crippen LogP contribution in [0.3, 0.4) is 0 Å². The average molecular weight is 502 g/mol. The first-order chi connectivity index (χ1) is 16.7. The highest BCUT2D eigenvalue weighted by Crippen LogP contribution is 2.39. The molecule has 2 aromatic carbocycles. The molecular weight excluding hydrogens is 469 g/mol. The predicted molar refractivity (Wildman–Crippen MR) is 132 cm³/mol. The molecule has 2 bridgehead atoms. The third kappa shape index (κ3) is 4.34. The number of hydrogen-bond acceptors (Lipinski definition) is 5. The maximum Gasteiger partial charge on any atom is 0.251 e. The number of nitrogens with zero attached hydrogens (tertiary/aromatic N) is 3. The Bertz CT molecular complexity index is 1210. The highest BCUT2D eigenvalue weighted by atomic mass is 32.2. The normalized spacial score (nSPS) is 28.9. The molecule has 5 rings (SSSR count). The van der Waals surface area contributed by atoms with Gasteiger partial charge < -0.3 is 14.9 Å². The van der Waals surface area contributed by atoms with E-state index in [0.717, 1.165) is 24.1 Å². The van der Waals surface area contributed by atoms with Crippen LogP contribution in [0.1, 0.15) is 49.5 Å². The smallest absolute Gasteiger partial charge is 0.251 e. The largest absolute Gasteiger partial charge is 0.384 e. The maximum absolute atomic E-state index is 15.3. The van der Waals surface area contributed by atoms with Crippen molar-refractivity contribution in [3.63, 3.8) is 0 Å². The van der Waals surface area contributed by atoms with Crippen molar-refractivity contribution in [2.45, 2.75) is 69.1 Å². The molecule has 5 atom stereocenters. The summed E-state index contributed by atoms with van der Waals surface area (Å²) in [6.07, 6.45) is 1.05. The summed E-state index contributed by atoms with van der Waals surface area (Å²) < 4.78 is 43.7. The number of benzene rings is 2. The summed E-state index contributed by atoms with van der Waals surface area (Å²) in [6.45, 7) is 4.47. The number of aliphatic hydroxyl groups is 1. The van der Waals surface area contributed by atoms with Gasteiger partial charge >= 0.3 is 0 Å². The standard InChI is InChI=1S/C26H32FN3O4S/c1-17-8-11-25(19-6-4-3-5-7-19)35(33,34)30(17)14-20-9-10-21(13-24(20)27)28-15-23-12-22(28)16-29(23)26(32)18(2)31/h3-7,9-10,13,17-18,22-23,25,31H,8,11-12,14-16H2,1-2H3/t17-,18?,22+,23+,25?/m0/s1. The fourth-order valence-electron chi connectivity index (χ4n) is 5.86. The molecule has 2 aromatic rings. The molecule has 35 heavy (non-hydrogen) atoms. The molecule has 1 N–H and O–H groups in total. The summed E-state index contributed by atoms with van der Waals surface area (Å²) in [6, 6.07) is 14.1. The van der Waals surface area contributed by atoms with E-state index in [2.05, 4.69) is 4.90 Å². The topological polar surface area (TPSA) is 81.2 Å². The third-order valence-corrected chi connectivity index (χ3v) is 10.1. The number of anilines is 1.